The zero-order valence-corrected chi connectivity index (χ0v) is 13.1. The molecule has 2 N–H and O–H groups in total. The zero-order chi connectivity index (χ0) is 15.3. The first-order valence-corrected chi connectivity index (χ1v) is 8.33. The van der Waals surface area contributed by atoms with E-state index in [0.29, 0.717) is 0 Å². The van der Waals surface area contributed by atoms with Gasteiger partial charge in [0.1, 0.15) is 0 Å². The molecule has 0 aromatic heterocycles. The molecule has 2 rings (SSSR count). The lowest BCUT2D eigenvalue weighted by molar-refractivity contribution is -0.139. The fourth-order valence-electron chi connectivity index (χ4n) is 3.71. The molecule has 0 unspecified atom stereocenters. The van der Waals surface area contributed by atoms with Crippen molar-refractivity contribution < 1.29 is 14.7 Å². The second-order valence-corrected chi connectivity index (χ2v) is 6.68. The van der Waals surface area contributed by atoms with Crippen LogP contribution < -0.4 is 5.32 Å². The maximum Gasteiger partial charge on any atom is 0.317 e. The Bertz CT molecular complexity index is 370. The topological polar surface area (TPSA) is 69.6 Å². The van der Waals surface area contributed by atoms with Crippen LogP contribution in [0.15, 0.2) is 0 Å². The molecule has 5 nitrogen and oxygen atoms in total. The van der Waals surface area contributed by atoms with E-state index >= 15 is 0 Å². The summed E-state index contributed by atoms with van der Waals surface area (Å²) in [6.07, 6.45) is 8.08. The van der Waals surface area contributed by atoms with Crippen LogP contribution in [-0.4, -0.2) is 40.6 Å². The van der Waals surface area contributed by atoms with Gasteiger partial charge in [0.15, 0.2) is 0 Å². The van der Waals surface area contributed by atoms with E-state index in [9.17, 15) is 9.59 Å². The predicted molar refractivity (Wildman–Crippen MR) is 81.2 cm³/mol. The summed E-state index contributed by atoms with van der Waals surface area (Å²) in [5.74, 6) is -0.0846. The highest BCUT2D eigenvalue weighted by Gasteiger charge is 2.37. The van der Waals surface area contributed by atoms with Crippen molar-refractivity contribution in [3.63, 3.8) is 0 Å². The van der Waals surface area contributed by atoms with Gasteiger partial charge in [-0.15, -0.1) is 0 Å². The number of rotatable bonds is 4. The molecule has 1 aliphatic carbocycles. The summed E-state index contributed by atoms with van der Waals surface area (Å²) in [4.78, 5) is 25.5. The van der Waals surface area contributed by atoms with Gasteiger partial charge in [-0.05, 0) is 31.6 Å². The first kappa shape index (κ1) is 16.1. The molecular formula is C16H28N2O3. The lowest BCUT2D eigenvalue weighted by Crippen LogP contribution is -2.56. The summed E-state index contributed by atoms with van der Waals surface area (Å²) in [6, 6.07) is -0.0623. The molecule has 2 amide bonds. The normalized spacial score (nSPS) is 22.8. The number of carboxylic acid groups (broad SMARTS) is 1. The minimum Gasteiger partial charge on any atom is -0.481 e. The molecule has 1 saturated carbocycles. The highest BCUT2D eigenvalue weighted by molar-refractivity contribution is 5.77. The Morgan fingerprint density at radius 2 is 1.81 bits per heavy atom. The highest BCUT2D eigenvalue weighted by atomic mass is 16.4. The number of nitrogens with zero attached hydrogens (tertiary/aromatic N) is 1. The molecule has 120 valence electrons. The van der Waals surface area contributed by atoms with Gasteiger partial charge >= 0.3 is 12.0 Å². The molecule has 1 aliphatic heterocycles. The average Bonchev–Trinajstić information content (AvgIpc) is 2.47. The monoisotopic (exact) mass is 296 g/mol. The molecule has 5 heteroatoms. The number of carbonyl (C=O) groups is 2. The molecule has 21 heavy (non-hydrogen) atoms. The standard InChI is InChI=1S/C16H28N2O3/c1-2-13-6-10-18(11-7-13)15(21)17-16(12-14(19)20)8-4-3-5-9-16/h13H,2-12H2,1H3,(H,17,21)(H,19,20). The van der Waals surface area contributed by atoms with E-state index in [1.54, 1.807) is 0 Å². The van der Waals surface area contributed by atoms with Crippen LogP contribution in [-0.2, 0) is 4.79 Å². The lowest BCUT2D eigenvalue weighted by atomic mass is 9.79. The van der Waals surface area contributed by atoms with E-state index in [4.69, 9.17) is 5.11 Å². The van der Waals surface area contributed by atoms with E-state index < -0.39 is 11.5 Å². The average molecular weight is 296 g/mol. The molecule has 0 bridgehead atoms. The Balaban J connectivity index is 1.93. The van der Waals surface area contributed by atoms with Crippen LogP contribution >= 0.6 is 0 Å². The maximum atomic E-state index is 12.5. The molecule has 0 radical (unpaired) electrons. The quantitative estimate of drug-likeness (QED) is 0.838. The van der Waals surface area contributed by atoms with E-state index in [-0.39, 0.29) is 12.5 Å². The van der Waals surface area contributed by atoms with Crippen molar-refractivity contribution in [3.8, 4) is 0 Å². The predicted octanol–water partition coefficient (Wildman–Crippen LogP) is 3.00. The van der Waals surface area contributed by atoms with E-state index in [2.05, 4.69) is 12.2 Å². The van der Waals surface area contributed by atoms with Crippen molar-refractivity contribution in [2.45, 2.75) is 70.3 Å². The van der Waals surface area contributed by atoms with Crippen LogP contribution in [0.3, 0.4) is 0 Å². The Kier molecular flexibility index (Phi) is 5.48. The number of aliphatic carboxylic acids is 1. The summed E-state index contributed by atoms with van der Waals surface area (Å²) in [6.45, 7) is 3.80. The van der Waals surface area contributed by atoms with E-state index in [1.807, 2.05) is 4.90 Å². The maximum absolute atomic E-state index is 12.5. The Hall–Kier alpha value is -1.26. The van der Waals surface area contributed by atoms with Crippen molar-refractivity contribution in [1.29, 1.82) is 0 Å². The molecular weight excluding hydrogens is 268 g/mol. The smallest absolute Gasteiger partial charge is 0.317 e. The molecule has 0 spiro atoms. The number of amides is 2. The fourth-order valence-corrected chi connectivity index (χ4v) is 3.71. The van der Waals surface area contributed by atoms with Crippen LogP contribution in [0, 0.1) is 5.92 Å². The molecule has 1 saturated heterocycles. The van der Waals surface area contributed by atoms with Gasteiger partial charge < -0.3 is 15.3 Å². The van der Waals surface area contributed by atoms with Crippen molar-refractivity contribution in [3.05, 3.63) is 0 Å². The van der Waals surface area contributed by atoms with Crippen molar-refractivity contribution in [2.24, 2.45) is 5.92 Å². The summed E-state index contributed by atoms with van der Waals surface area (Å²) in [5.41, 5.74) is -0.525. The summed E-state index contributed by atoms with van der Waals surface area (Å²) in [5, 5.41) is 12.2. The molecule has 0 aromatic carbocycles. The first-order valence-electron chi connectivity index (χ1n) is 8.33. The lowest BCUT2D eigenvalue weighted by Gasteiger charge is -2.40. The van der Waals surface area contributed by atoms with Crippen LogP contribution in [0.1, 0.15) is 64.7 Å². The van der Waals surface area contributed by atoms with Gasteiger partial charge in [0.2, 0.25) is 0 Å². The third kappa shape index (κ3) is 4.35. The minimum absolute atomic E-state index is 0.0458. The number of hydrogen-bond donors (Lipinski definition) is 2. The number of piperidine rings is 1. The van der Waals surface area contributed by atoms with Gasteiger partial charge in [0.25, 0.3) is 0 Å². The molecule has 1 heterocycles. The number of carboxylic acids is 1. The second kappa shape index (κ2) is 7.14. The SMILES string of the molecule is CCC1CCN(C(=O)NC2(CC(=O)O)CCCCC2)CC1. The van der Waals surface area contributed by atoms with E-state index in [0.717, 1.165) is 64.0 Å². The van der Waals surface area contributed by atoms with Gasteiger partial charge in [-0.2, -0.15) is 0 Å². The summed E-state index contributed by atoms with van der Waals surface area (Å²) < 4.78 is 0. The zero-order valence-electron chi connectivity index (χ0n) is 13.1. The fraction of sp³-hybridized carbons (Fsp3) is 0.875. The van der Waals surface area contributed by atoms with Gasteiger partial charge in [-0.25, -0.2) is 4.79 Å². The largest absolute Gasteiger partial charge is 0.481 e. The van der Waals surface area contributed by atoms with Gasteiger partial charge in [-0.3, -0.25) is 4.79 Å². The van der Waals surface area contributed by atoms with Crippen molar-refractivity contribution >= 4 is 12.0 Å². The summed E-state index contributed by atoms with van der Waals surface area (Å²) in [7, 11) is 0. The third-order valence-corrected chi connectivity index (χ3v) is 5.15. The number of likely N-dealkylation sites (tertiary alicyclic amines) is 1. The minimum atomic E-state index is -0.818. The van der Waals surface area contributed by atoms with Crippen molar-refractivity contribution in [1.82, 2.24) is 10.2 Å². The van der Waals surface area contributed by atoms with Crippen LogP contribution in [0.4, 0.5) is 4.79 Å². The van der Waals surface area contributed by atoms with Crippen LogP contribution in [0.25, 0.3) is 0 Å². The molecule has 2 aliphatic rings. The Labute approximate surface area is 127 Å². The van der Waals surface area contributed by atoms with E-state index in [1.165, 1.54) is 6.42 Å². The number of carbonyl (C=O) groups excluding carboxylic acids is 1. The van der Waals surface area contributed by atoms with Crippen LogP contribution in [0.2, 0.25) is 0 Å². The molecule has 2 fully saturated rings. The molecule has 0 atom stereocenters. The van der Waals surface area contributed by atoms with Crippen molar-refractivity contribution in [2.75, 3.05) is 13.1 Å². The number of urea groups is 1. The number of hydrogen-bond acceptors (Lipinski definition) is 2. The highest BCUT2D eigenvalue weighted by Crippen LogP contribution is 2.31. The third-order valence-electron chi connectivity index (χ3n) is 5.15. The number of nitrogens with one attached hydrogen (secondary N) is 1. The first-order chi connectivity index (χ1) is 10.0. The van der Waals surface area contributed by atoms with Crippen LogP contribution in [0.5, 0.6) is 0 Å². The van der Waals surface area contributed by atoms with Gasteiger partial charge in [0.05, 0.1) is 12.0 Å². The van der Waals surface area contributed by atoms with Gasteiger partial charge in [0, 0.05) is 13.1 Å². The molecule has 0 aromatic rings. The second-order valence-electron chi connectivity index (χ2n) is 6.68. The van der Waals surface area contributed by atoms with Gasteiger partial charge in [-0.1, -0.05) is 32.6 Å². The Morgan fingerprint density at radius 3 is 2.33 bits per heavy atom. The summed E-state index contributed by atoms with van der Waals surface area (Å²) >= 11 is 0. The Morgan fingerprint density at radius 1 is 1.19 bits per heavy atom.